The zero-order valence-corrected chi connectivity index (χ0v) is 23.7. The predicted octanol–water partition coefficient (Wildman–Crippen LogP) is 4.68. The first-order valence-corrected chi connectivity index (χ1v) is 13.2. The summed E-state index contributed by atoms with van der Waals surface area (Å²) in [5.74, 6) is -3.10. The third kappa shape index (κ3) is 5.92. The van der Waals surface area contributed by atoms with Crippen LogP contribution in [0.5, 0.6) is 11.5 Å². The fraction of sp³-hybridized carbons (Fsp3) is 0.312. The van der Waals surface area contributed by atoms with E-state index in [4.69, 9.17) is 18.9 Å². The second kappa shape index (κ2) is 12.8. The number of ether oxygens (including phenoxy) is 4. The van der Waals surface area contributed by atoms with Gasteiger partial charge in [0.15, 0.2) is 24.3 Å². The Kier molecular flexibility index (Phi) is 9.40. The number of hydrogen-bond acceptors (Lipinski definition) is 7. The van der Waals surface area contributed by atoms with E-state index in [-0.39, 0.29) is 0 Å². The molecule has 1 amide bonds. The third-order valence-corrected chi connectivity index (χ3v) is 7.10. The molecule has 0 unspecified atom stereocenters. The Labute approximate surface area is 243 Å². The molecule has 1 N–H and O–H groups in total. The average molecular weight is 582 g/mol. The molecule has 0 spiro atoms. The molecule has 1 fully saturated rings. The topological polar surface area (TPSA) is 94.5 Å². The second-order valence-electron chi connectivity index (χ2n) is 9.79. The van der Waals surface area contributed by atoms with Crippen molar-refractivity contribution in [2.45, 2.75) is 43.8 Å². The summed E-state index contributed by atoms with van der Waals surface area (Å²) in [6.45, 7) is 1.09. The average Bonchev–Trinajstić information content (AvgIpc) is 3.25. The minimum Gasteiger partial charge on any atom is -0.497 e. The summed E-state index contributed by atoms with van der Waals surface area (Å²) < 4.78 is 55.5. The lowest BCUT2D eigenvalue weighted by Gasteiger charge is -2.40. The van der Waals surface area contributed by atoms with Crippen LogP contribution < -0.4 is 9.47 Å². The molecule has 1 heterocycles. The maximum Gasteiger partial charge on any atom is 0.263 e. The quantitative estimate of drug-likeness (QED) is 0.260. The normalized spacial score (nSPS) is 22.2. The van der Waals surface area contributed by atoms with Gasteiger partial charge >= 0.3 is 0 Å². The van der Waals surface area contributed by atoms with Crippen molar-refractivity contribution in [1.82, 2.24) is 4.90 Å². The number of aliphatic hydroxyl groups is 1. The van der Waals surface area contributed by atoms with Crippen molar-refractivity contribution in [1.29, 1.82) is 0 Å². The first kappa shape index (κ1) is 30.8. The molecule has 42 heavy (non-hydrogen) atoms. The molecule has 1 aliphatic heterocycles. The molecule has 1 aliphatic rings. The molecular formula is C32H33F2NO7. The summed E-state index contributed by atoms with van der Waals surface area (Å²) in [5.41, 5.74) is -0.127. The highest BCUT2D eigenvalue weighted by atomic mass is 19.2. The van der Waals surface area contributed by atoms with Crippen LogP contribution in [-0.4, -0.2) is 66.9 Å². The zero-order valence-electron chi connectivity index (χ0n) is 23.7. The highest BCUT2D eigenvalue weighted by Gasteiger charge is 2.62. The molecule has 0 radical (unpaired) electrons. The van der Waals surface area contributed by atoms with Crippen LogP contribution in [-0.2, 0) is 24.7 Å². The number of halogens is 2. The van der Waals surface area contributed by atoms with Gasteiger partial charge < -0.3 is 24.1 Å². The van der Waals surface area contributed by atoms with Gasteiger partial charge in [-0.25, -0.2) is 8.78 Å². The maximum absolute atomic E-state index is 16.4. The number of amides is 1. The summed E-state index contributed by atoms with van der Waals surface area (Å²) in [5, 5.41) is 10.2. The van der Waals surface area contributed by atoms with Gasteiger partial charge in [0.1, 0.15) is 23.7 Å². The van der Waals surface area contributed by atoms with E-state index in [1.165, 1.54) is 21.1 Å². The maximum atomic E-state index is 16.4. The number of carbonyl (C=O) groups is 2. The number of alkyl halides is 2. The van der Waals surface area contributed by atoms with Gasteiger partial charge in [0.25, 0.3) is 5.85 Å². The predicted molar refractivity (Wildman–Crippen MR) is 150 cm³/mol. The number of hydrogen-bond donors (Lipinski definition) is 1. The van der Waals surface area contributed by atoms with E-state index < -0.39 is 48.3 Å². The van der Waals surface area contributed by atoms with Crippen LogP contribution in [0.2, 0.25) is 0 Å². The van der Waals surface area contributed by atoms with Crippen molar-refractivity contribution in [3.05, 3.63) is 108 Å². The van der Waals surface area contributed by atoms with Crippen LogP contribution in [0.1, 0.15) is 30.5 Å². The van der Waals surface area contributed by atoms with Crippen LogP contribution in [0.4, 0.5) is 8.78 Å². The number of ketones is 1. The fourth-order valence-corrected chi connectivity index (χ4v) is 4.98. The van der Waals surface area contributed by atoms with Crippen LogP contribution >= 0.6 is 0 Å². The molecule has 8 nitrogen and oxygen atoms in total. The van der Waals surface area contributed by atoms with Gasteiger partial charge in [-0.1, -0.05) is 54.6 Å². The van der Waals surface area contributed by atoms with Crippen molar-refractivity contribution in [2.75, 3.05) is 20.8 Å². The summed E-state index contributed by atoms with van der Waals surface area (Å²) in [4.78, 5) is 24.7. The number of carbonyl (C=O) groups excluding carboxylic acids is 2. The number of allylic oxidation sites excluding steroid dienone is 1. The smallest absolute Gasteiger partial charge is 0.263 e. The molecular weight excluding hydrogens is 548 g/mol. The van der Waals surface area contributed by atoms with E-state index >= 15 is 8.78 Å². The lowest BCUT2D eigenvalue weighted by molar-refractivity contribution is -0.233. The highest BCUT2D eigenvalue weighted by Crippen LogP contribution is 2.48. The standard InChI is InChI=1S/C32H33F2NO7/c1-21(37)18-19-35(22(2)38)30-28(33)29(31(34,20-36)42-30)41-32(23-8-6-5-7-9-23,24-10-14-26(39-3)15-11-24)25-12-16-27(40-4)17-13-25/h5-19,28-30,36H,20H2,1-4H3/b19-18-/t28-,29+,30-,31-/m1/s1. The Bertz CT molecular complexity index is 1350. The van der Waals surface area contributed by atoms with Crippen molar-refractivity contribution >= 4 is 11.7 Å². The number of rotatable bonds is 11. The molecule has 3 aromatic carbocycles. The number of benzene rings is 3. The Morgan fingerprint density at radius 3 is 1.86 bits per heavy atom. The van der Waals surface area contributed by atoms with Gasteiger partial charge in [-0.15, -0.1) is 0 Å². The molecule has 10 heteroatoms. The van der Waals surface area contributed by atoms with Gasteiger partial charge in [-0.3, -0.25) is 14.5 Å². The van der Waals surface area contributed by atoms with Gasteiger partial charge in [-0.2, -0.15) is 0 Å². The first-order valence-electron chi connectivity index (χ1n) is 13.2. The summed E-state index contributed by atoms with van der Waals surface area (Å²) >= 11 is 0. The Hall–Kier alpha value is -4.12. The van der Waals surface area contributed by atoms with E-state index in [1.54, 1.807) is 78.9 Å². The minimum absolute atomic E-state index is 0.418. The van der Waals surface area contributed by atoms with Crippen molar-refractivity contribution < 1.29 is 42.4 Å². The molecule has 4 atom stereocenters. The molecule has 3 aromatic rings. The third-order valence-electron chi connectivity index (χ3n) is 7.10. The largest absolute Gasteiger partial charge is 0.497 e. The summed E-state index contributed by atoms with van der Waals surface area (Å²) in [6.07, 6.45) is -4.10. The number of methoxy groups -OCH3 is 2. The Morgan fingerprint density at radius 2 is 1.43 bits per heavy atom. The molecule has 0 aliphatic carbocycles. The van der Waals surface area contributed by atoms with Crippen molar-refractivity contribution in [3.63, 3.8) is 0 Å². The van der Waals surface area contributed by atoms with Crippen LogP contribution in [0.15, 0.2) is 91.1 Å². The van der Waals surface area contributed by atoms with E-state index in [9.17, 15) is 14.7 Å². The highest BCUT2D eigenvalue weighted by molar-refractivity contribution is 5.88. The van der Waals surface area contributed by atoms with Crippen LogP contribution in [0.3, 0.4) is 0 Å². The Morgan fingerprint density at radius 1 is 0.929 bits per heavy atom. The Balaban J connectivity index is 1.93. The number of nitrogens with zero attached hydrogens (tertiary/aromatic N) is 1. The molecule has 222 valence electrons. The van der Waals surface area contributed by atoms with E-state index in [0.717, 1.165) is 24.1 Å². The van der Waals surface area contributed by atoms with Crippen LogP contribution in [0, 0.1) is 0 Å². The van der Waals surface area contributed by atoms with E-state index in [2.05, 4.69) is 0 Å². The fourth-order valence-electron chi connectivity index (χ4n) is 4.98. The monoisotopic (exact) mass is 581 g/mol. The zero-order chi connectivity index (χ0) is 30.5. The molecule has 0 aromatic heterocycles. The molecule has 0 saturated carbocycles. The van der Waals surface area contributed by atoms with Gasteiger partial charge in [0, 0.05) is 13.1 Å². The molecule has 1 saturated heterocycles. The van der Waals surface area contributed by atoms with E-state index in [0.29, 0.717) is 28.2 Å². The van der Waals surface area contributed by atoms with Gasteiger partial charge in [0.2, 0.25) is 5.91 Å². The van der Waals surface area contributed by atoms with Crippen LogP contribution in [0.25, 0.3) is 0 Å². The lowest BCUT2D eigenvalue weighted by atomic mass is 9.79. The SMILES string of the molecule is COc1ccc(C(O[C@H]2[C@@H](F)[C@H](N(/C=C\C(C)=O)C(C)=O)O[C@]2(F)CO)(c2ccccc2)c2ccc(OC)cc2)cc1. The number of aliphatic hydroxyl groups excluding tert-OH is 1. The van der Waals surface area contributed by atoms with Gasteiger partial charge in [-0.05, 0) is 54.0 Å². The molecule has 4 rings (SSSR count). The van der Waals surface area contributed by atoms with Gasteiger partial charge in [0.05, 0.1) is 14.2 Å². The van der Waals surface area contributed by atoms with Crippen molar-refractivity contribution in [2.24, 2.45) is 0 Å². The minimum atomic E-state index is -3.07. The lowest BCUT2D eigenvalue weighted by Crippen LogP contribution is -2.49. The van der Waals surface area contributed by atoms with Crippen molar-refractivity contribution in [3.8, 4) is 11.5 Å². The second-order valence-corrected chi connectivity index (χ2v) is 9.79. The summed E-state index contributed by atoms with van der Waals surface area (Å²) in [7, 11) is 3.03. The molecule has 0 bridgehead atoms. The van der Waals surface area contributed by atoms with E-state index in [1.807, 2.05) is 0 Å². The summed E-state index contributed by atoms with van der Waals surface area (Å²) in [6, 6.07) is 22.5. The first-order chi connectivity index (χ1) is 20.1.